The predicted octanol–water partition coefficient (Wildman–Crippen LogP) is 3.08. The third-order valence-electron chi connectivity index (χ3n) is 2.68. The first kappa shape index (κ1) is 13.4. The highest BCUT2D eigenvalue weighted by atomic mass is 79.9. The number of hydrogen-bond donors (Lipinski definition) is 1. The largest absolute Gasteiger partial charge is 0.319 e. The molecule has 0 aromatic heterocycles. The topological polar surface area (TPSA) is 43.1 Å². The summed E-state index contributed by atoms with van der Waals surface area (Å²) in [6.07, 6.45) is 2.09. The number of hydrogen-bond acceptors (Lipinski definition) is 2. The fourth-order valence-electron chi connectivity index (χ4n) is 1.65. The van der Waals surface area contributed by atoms with Crippen LogP contribution in [0, 0.1) is 0 Å². The molecule has 1 unspecified atom stereocenters. The van der Waals surface area contributed by atoms with E-state index in [-0.39, 0.29) is 5.78 Å². The number of halogens is 1. The summed E-state index contributed by atoms with van der Waals surface area (Å²) in [7, 11) is 0. The van der Waals surface area contributed by atoms with Gasteiger partial charge >= 0.3 is 0 Å². The summed E-state index contributed by atoms with van der Waals surface area (Å²) in [5.74, 6) is 0.108. The van der Waals surface area contributed by atoms with Gasteiger partial charge in [-0.3, -0.25) is 4.79 Å². The summed E-state index contributed by atoms with van der Waals surface area (Å²) in [6, 6.07) is 7.78. The summed E-state index contributed by atoms with van der Waals surface area (Å²) in [6.45, 7) is 3.86. The van der Waals surface area contributed by atoms with Crippen LogP contribution in [0.3, 0.4) is 0 Å². The lowest BCUT2D eigenvalue weighted by Gasteiger charge is -2.22. The van der Waals surface area contributed by atoms with Crippen LogP contribution in [0.4, 0.5) is 0 Å². The molecule has 1 atom stereocenters. The molecule has 1 aromatic carbocycles. The molecular weight excluding hydrogens is 266 g/mol. The molecular formula is C13H18BrNO. The fourth-order valence-corrected chi connectivity index (χ4v) is 1.91. The van der Waals surface area contributed by atoms with Crippen LogP contribution in [0.25, 0.3) is 0 Å². The van der Waals surface area contributed by atoms with Gasteiger partial charge < -0.3 is 5.73 Å². The summed E-state index contributed by atoms with van der Waals surface area (Å²) < 4.78 is 1.02. The molecule has 0 heterocycles. The van der Waals surface area contributed by atoms with Crippen LogP contribution in [0.5, 0.6) is 0 Å². The lowest BCUT2D eigenvalue weighted by atomic mass is 9.89. The van der Waals surface area contributed by atoms with E-state index in [1.807, 2.05) is 38.1 Å². The van der Waals surface area contributed by atoms with Crippen molar-refractivity contribution in [2.75, 3.05) is 0 Å². The Bertz CT molecular complexity index is 357. The van der Waals surface area contributed by atoms with E-state index in [0.29, 0.717) is 6.42 Å². The average Bonchev–Trinajstić information content (AvgIpc) is 2.21. The summed E-state index contributed by atoms with van der Waals surface area (Å²) in [4.78, 5) is 12.0. The zero-order chi connectivity index (χ0) is 12.2. The van der Waals surface area contributed by atoms with Gasteiger partial charge in [0.15, 0.2) is 5.78 Å². The molecule has 0 saturated heterocycles. The number of rotatable bonds is 5. The minimum absolute atomic E-state index is 0.108. The first-order valence-electron chi connectivity index (χ1n) is 5.52. The van der Waals surface area contributed by atoms with Crippen molar-refractivity contribution in [3.05, 3.63) is 34.3 Å². The highest BCUT2D eigenvalue weighted by Gasteiger charge is 2.26. The number of nitrogens with two attached hydrogens (primary N) is 1. The maximum Gasteiger partial charge on any atom is 0.156 e. The van der Waals surface area contributed by atoms with E-state index in [9.17, 15) is 4.79 Å². The molecule has 0 amide bonds. The summed E-state index contributed by atoms with van der Waals surface area (Å²) in [5, 5.41) is 0. The van der Waals surface area contributed by atoms with Crippen molar-refractivity contribution in [1.29, 1.82) is 0 Å². The van der Waals surface area contributed by atoms with Gasteiger partial charge in [0.1, 0.15) is 0 Å². The number of ketones is 1. The molecule has 0 aliphatic rings. The van der Waals surface area contributed by atoms with Gasteiger partial charge in [0.2, 0.25) is 0 Å². The third-order valence-corrected chi connectivity index (χ3v) is 3.21. The first-order valence-corrected chi connectivity index (χ1v) is 6.31. The standard InChI is InChI=1S/C13H18BrNO/c1-3-8-13(2,15)12(16)9-10-4-6-11(14)7-5-10/h4-7H,3,8-9,15H2,1-2H3. The summed E-state index contributed by atoms with van der Waals surface area (Å²) >= 11 is 3.37. The van der Waals surface area contributed by atoms with Gasteiger partial charge in [0.25, 0.3) is 0 Å². The molecule has 0 fully saturated rings. The van der Waals surface area contributed by atoms with Crippen LogP contribution >= 0.6 is 15.9 Å². The fraction of sp³-hybridized carbons (Fsp3) is 0.462. The Kier molecular flexibility index (Phi) is 4.69. The first-order chi connectivity index (χ1) is 7.45. The van der Waals surface area contributed by atoms with E-state index >= 15 is 0 Å². The molecule has 16 heavy (non-hydrogen) atoms. The van der Waals surface area contributed by atoms with Gasteiger partial charge in [-0.15, -0.1) is 0 Å². The Morgan fingerprint density at radius 3 is 2.44 bits per heavy atom. The zero-order valence-electron chi connectivity index (χ0n) is 9.79. The predicted molar refractivity (Wildman–Crippen MR) is 70.4 cm³/mol. The van der Waals surface area contributed by atoms with Crippen molar-refractivity contribution in [3.8, 4) is 0 Å². The van der Waals surface area contributed by atoms with Crippen LogP contribution < -0.4 is 5.73 Å². The SMILES string of the molecule is CCCC(C)(N)C(=O)Cc1ccc(Br)cc1. The molecule has 0 spiro atoms. The second kappa shape index (κ2) is 5.60. The van der Waals surface area contributed by atoms with Crippen molar-refractivity contribution in [3.63, 3.8) is 0 Å². The molecule has 0 bridgehead atoms. The molecule has 0 aliphatic carbocycles. The van der Waals surface area contributed by atoms with Crippen molar-refractivity contribution in [2.24, 2.45) is 5.73 Å². The maximum absolute atomic E-state index is 12.0. The van der Waals surface area contributed by atoms with E-state index in [4.69, 9.17) is 5.73 Å². The summed E-state index contributed by atoms with van der Waals surface area (Å²) in [5.41, 5.74) is 6.31. The molecule has 0 saturated carbocycles. The molecule has 2 nitrogen and oxygen atoms in total. The zero-order valence-corrected chi connectivity index (χ0v) is 11.4. The minimum atomic E-state index is -0.693. The van der Waals surface area contributed by atoms with Gasteiger partial charge in [-0.1, -0.05) is 41.4 Å². The van der Waals surface area contributed by atoms with Gasteiger partial charge in [0.05, 0.1) is 5.54 Å². The molecule has 0 radical (unpaired) electrons. The number of carbonyl (C=O) groups excluding carboxylic acids is 1. The number of Topliss-reactive ketones (excluding diaryl/α,β-unsaturated/α-hetero) is 1. The Labute approximate surface area is 105 Å². The molecule has 3 heteroatoms. The average molecular weight is 284 g/mol. The highest BCUT2D eigenvalue weighted by Crippen LogP contribution is 2.15. The van der Waals surface area contributed by atoms with Crippen LogP contribution in [0.1, 0.15) is 32.3 Å². The molecule has 88 valence electrons. The van der Waals surface area contributed by atoms with Gasteiger partial charge in [0, 0.05) is 10.9 Å². The molecule has 1 aromatic rings. The van der Waals surface area contributed by atoms with Crippen LogP contribution in [0.15, 0.2) is 28.7 Å². The quantitative estimate of drug-likeness (QED) is 0.903. The number of carbonyl (C=O) groups is 1. The Hall–Kier alpha value is -0.670. The normalized spacial score (nSPS) is 14.5. The monoisotopic (exact) mass is 283 g/mol. The second-order valence-corrected chi connectivity index (χ2v) is 5.31. The smallest absolute Gasteiger partial charge is 0.156 e. The Morgan fingerprint density at radius 1 is 1.38 bits per heavy atom. The maximum atomic E-state index is 12.0. The lowest BCUT2D eigenvalue weighted by molar-refractivity contribution is -0.123. The van der Waals surface area contributed by atoms with Crippen molar-refractivity contribution >= 4 is 21.7 Å². The third kappa shape index (κ3) is 3.72. The van der Waals surface area contributed by atoms with Crippen molar-refractivity contribution in [1.82, 2.24) is 0 Å². The van der Waals surface area contributed by atoms with Gasteiger partial charge in [-0.05, 0) is 31.0 Å². The number of benzene rings is 1. The van der Waals surface area contributed by atoms with E-state index in [2.05, 4.69) is 15.9 Å². The van der Waals surface area contributed by atoms with Crippen molar-refractivity contribution < 1.29 is 4.79 Å². The second-order valence-electron chi connectivity index (χ2n) is 4.39. The van der Waals surface area contributed by atoms with E-state index in [1.165, 1.54) is 0 Å². The highest BCUT2D eigenvalue weighted by molar-refractivity contribution is 9.10. The molecule has 2 N–H and O–H groups in total. The molecule has 0 aliphatic heterocycles. The van der Waals surface area contributed by atoms with Crippen LogP contribution in [-0.2, 0) is 11.2 Å². The minimum Gasteiger partial charge on any atom is -0.319 e. The molecule has 1 rings (SSSR count). The van der Waals surface area contributed by atoms with Crippen LogP contribution in [-0.4, -0.2) is 11.3 Å². The van der Waals surface area contributed by atoms with Crippen LogP contribution in [0.2, 0.25) is 0 Å². The Morgan fingerprint density at radius 2 is 1.94 bits per heavy atom. The van der Waals surface area contributed by atoms with E-state index in [0.717, 1.165) is 22.9 Å². The van der Waals surface area contributed by atoms with Gasteiger partial charge in [-0.2, -0.15) is 0 Å². The van der Waals surface area contributed by atoms with Crippen molar-refractivity contribution in [2.45, 2.75) is 38.6 Å². The lowest BCUT2D eigenvalue weighted by Crippen LogP contribution is -2.45. The van der Waals surface area contributed by atoms with E-state index < -0.39 is 5.54 Å². The van der Waals surface area contributed by atoms with E-state index in [1.54, 1.807) is 0 Å². The van der Waals surface area contributed by atoms with Gasteiger partial charge in [-0.25, -0.2) is 0 Å². The Balaban J connectivity index is 2.67.